The average molecular weight is 359 g/mol. The lowest BCUT2D eigenvalue weighted by molar-refractivity contribution is -0.115. The summed E-state index contributed by atoms with van der Waals surface area (Å²) >= 11 is 3.08. The van der Waals surface area contributed by atoms with E-state index in [1.807, 2.05) is 13.0 Å². The van der Waals surface area contributed by atoms with Crippen molar-refractivity contribution in [3.63, 3.8) is 0 Å². The zero-order chi connectivity index (χ0) is 16.7. The van der Waals surface area contributed by atoms with Crippen molar-refractivity contribution in [1.29, 1.82) is 0 Å². The van der Waals surface area contributed by atoms with E-state index in [0.717, 1.165) is 23.4 Å². The standard InChI is InChI=1S/C17H17N3O2S2/c1-9-15(21)18-12-8-10(6-7-14(12)23-9)16(22)20-17-19-11-4-2-3-5-13(11)24-17/h6-9H,2-5H2,1H3,(H,18,21)(H,19,20,22). The van der Waals surface area contributed by atoms with Crippen LogP contribution in [0.15, 0.2) is 23.1 Å². The Labute approximate surface area is 148 Å². The van der Waals surface area contributed by atoms with Crippen LogP contribution in [0.4, 0.5) is 10.8 Å². The van der Waals surface area contributed by atoms with Gasteiger partial charge in [0.15, 0.2) is 5.13 Å². The van der Waals surface area contributed by atoms with E-state index in [0.29, 0.717) is 16.4 Å². The Bertz CT molecular complexity index is 808. The maximum atomic E-state index is 12.5. The van der Waals surface area contributed by atoms with E-state index in [2.05, 4.69) is 15.6 Å². The molecule has 2 aromatic rings. The number of benzene rings is 1. The lowest BCUT2D eigenvalue weighted by Crippen LogP contribution is -2.26. The molecule has 1 aliphatic carbocycles. The zero-order valence-electron chi connectivity index (χ0n) is 13.2. The van der Waals surface area contributed by atoms with E-state index in [-0.39, 0.29) is 17.1 Å². The molecule has 7 heteroatoms. The first-order valence-electron chi connectivity index (χ1n) is 8.01. The Morgan fingerprint density at radius 1 is 1.33 bits per heavy atom. The molecule has 2 heterocycles. The number of carbonyl (C=O) groups is 2. The van der Waals surface area contributed by atoms with Gasteiger partial charge >= 0.3 is 0 Å². The summed E-state index contributed by atoms with van der Waals surface area (Å²) in [5.74, 6) is -0.223. The van der Waals surface area contributed by atoms with Crippen LogP contribution in [0.3, 0.4) is 0 Å². The van der Waals surface area contributed by atoms with Crippen LogP contribution in [0.5, 0.6) is 0 Å². The molecule has 5 nitrogen and oxygen atoms in total. The molecule has 24 heavy (non-hydrogen) atoms. The smallest absolute Gasteiger partial charge is 0.257 e. The maximum absolute atomic E-state index is 12.5. The first-order chi connectivity index (χ1) is 11.6. The number of carbonyl (C=O) groups excluding carboxylic acids is 2. The van der Waals surface area contributed by atoms with Crippen LogP contribution in [0.25, 0.3) is 0 Å². The topological polar surface area (TPSA) is 71.1 Å². The third-order valence-electron chi connectivity index (χ3n) is 4.24. The van der Waals surface area contributed by atoms with Crippen LogP contribution in [0.1, 0.15) is 40.7 Å². The molecule has 2 amide bonds. The number of fused-ring (bicyclic) bond motifs is 2. The van der Waals surface area contributed by atoms with E-state index in [4.69, 9.17) is 0 Å². The third kappa shape index (κ3) is 2.93. The fourth-order valence-electron chi connectivity index (χ4n) is 2.92. The number of aryl methyl sites for hydroxylation is 2. The number of thiazole rings is 1. The van der Waals surface area contributed by atoms with Gasteiger partial charge in [-0.15, -0.1) is 23.1 Å². The highest BCUT2D eigenvalue weighted by Crippen LogP contribution is 2.36. The first kappa shape index (κ1) is 15.7. The number of hydrogen-bond donors (Lipinski definition) is 2. The normalized spacial score (nSPS) is 19.2. The summed E-state index contributed by atoms with van der Waals surface area (Å²) in [6.07, 6.45) is 4.43. The molecule has 2 N–H and O–H groups in total. The minimum absolute atomic E-state index is 0.0299. The molecule has 1 aliphatic heterocycles. The molecule has 0 spiro atoms. The van der Waals surface area contributed by atoms with Gasteiger partial charge in [-0.05, 0) is 50.8 Å². The highest BCUT2D eigenvalue weighted by Gasteiger charge is 2.24. The lowest BCUT2D eigenvalue weighted by atomic mass is 10.0. The predicted octanol–water partition coefficient (Wildman–Crippen LogP) is 3.71. The van der Waals surface area contributed by atoms with Crippen molar-refractivity contribution in [1.82, 2.24) is 4.98 Å². The predicted molar refractivity (Wildman–Crippen MR) is 97.1 cm³/mol. The molecule has 0 radical (unpaired) electrons. The fourth-order valence-corrected chi connectivity index (χ4v) is 4.90. The summed E-state index contributed by atoms with van der Waals surface area (Å²) in [6, 6.07) is 5.41. The van der Waals surface area contributed by atoms with Crippen molar-refractivity contribution in [2.45, 2.75) is 42.8 Å². The van der Waals surface area contributed by atoms with Crippen molar-refractivity contribution in [3.05, 3.63) is 34.3 Å². The minimum Gasteiger partial charge on any atom is -0.324 e. The number of amides is 2. The second-order valence-electron chi connectivity index (χ2n) is 6.01. The molecular formula is C17H17N3O2S2. The van der Waals surface area contributed by atoms with E-state index >= 15 is 0 Å². The molecule has 2 aliphatic rings. The van der Waals surface area contributed by atoms with Gasteiger partial charge in [0.2, 0.25) is 5.91 Å². The largest absolute Gasteiger partial charge is 0.324 e. The van der Waals surface area contributed by atoms with Crippen LogP contribution >= 0.6 is 23.1 Å². The number of rotatable bonds is 2. The van der Waals surface area contributed by atoms with Crippen molar-refractivity contribution >= 4 is 45.7 Å². The van der Waals surface area contributed by atoms with E-state index in [1.165, 1.54) is 29.5 Å². The number of thioether (sulfide) groups is 1. The average Bonchev–Trinajstić information content (AvgIpc) is 2.97. The Kier molecular flexibility index (Phi) is 4.05. The quantitative estimate of drug-likeness (QED) is 0.857. The zero-order valence-corrected chi connectivity index (χ0v) is 14.9. The van der Waals surface area contributed by atoms with Gasteiger partial charge in [-0.1, -0.05) is 0 Å². The molecule has 1 unspecified atom stereocenters. The van der Waals surface area contributed by atoms with Crippen LogP contribution in [-0.4, -0.2) is 22.0 Å². The number of nitrogens with zero attached hydrogens (tertiary/aromatic N) is 1. The SMILES string of the molecule is CC1Sc2ccc(C(=O)Nc3nc4c(s3)CCCC4)cc2NC1=O. The number of nitrogens with one attached hydrogen (secondary N) is 2. The second-order valence-corrected chi connectivity index (χ2v) is 8.48. The highest BCUT2D eigenvalue weighted by atomic mass is 32.2. The summed E-state index contributed by atoms with van der Waals surface area (Å²) in [4.78, 5) is 31.1. The van der Waals surface area contributed by atoms with E-state index in [1.54, 1.807) is 23.5 Å². The summed E-state index contributed by atoms with van der Waals surface area (Å²) in [7, 11) is 0. The molecule has 1 aromatic heterocycles. The summed E-state index contributed by atoms with van der Waals surface area (Å²) in [5.41, 5.74) is 2.36. The Morgan fingerprint density at radius 3 is 3.00 bits per heavy atom. The molecule has 1 atom stereocenters. The van der Waals surface area contributed by atoms with Gasteiger partial charge in [-0.25, -0.2) is 4.98 Å². The molecule has 0 fully saturated rings. The first-order valence-corrected chi connectivity index (χ1v) is 9.71. The highest BCUT2D eigenvalue weighted by molar-refractivity contribution is 8.00. The molecule has 0 saturated heterocycles. The summed E-state index contributed by atoms with van der Waals surface area (Å²) in [5, 5.41) is 6.30. The van der Waals surface area contributed by atoms with Crippen molar-refractivity contribution in [2.75, 3.05) is 10.6 Å². The van der Waals surface area contributed by atoms with E-state index in [9.17, 15) is 9.59 Å². The van der Waals surface area contributed by atoms with Crippen LogP contribution in [0.2, 0.25) is 0 Å². The number of anilines is 2. The lowest BCUT2D eigenvalue weighted by Gasteiger charge is -2.21. The summed E-state index contributed by atoms with van der Waals surface area (Å²) < 4.78 is 0. The van der Waals surface area contributed by atoms with Gasteiger partial charge in [-0.2, -0.15) is 0 Å². The monoisotopic (exact) mass is 359 g/mol. The molecule has 124 valence electrons. The van der Waals surface area contributed by atoms with Crippen LogP contribution in [0, 0.1) is 0 Å². The maximum Gasteiger partial charge on any atom is 0.257 e. The van der Waals surface area contributed by atoms with Crippen LogP contribution < -0.4 is 10.6 Å². The van der Waals surface area contributed by atoms with Gasteiger partial charge in [0, 0.05) is 15.3 Å². The van der Waals surface area contributed by atoms with Crippen molar-refractivity contribution in [2.24, 2.45) is 0 Å². The van der Waals surface area contributed by atoms with Gasteiger partial charge in [0.25, 0.3) is 5.91 Å². The van der Waals surface area contributed by atoms with Crippen LogP contribution in [-0.2, 0) is 17.6 Å². The van der Waals surface area contributed by atoms with Crippen molar-refractivity contribution < 1.29 is 9.59 Å². The number of hydrogen-bond acceptors (Lipinski definition) is 5. The van der Waals surface area contributed by atoms with E-state index < -0.39 is 0 Å². The van der Waals surface area contributed by atoms with Gasteiger partial charge in [0.05, 0.1) is 16.6 Å². The second kappa shape index (κ2) is 6.22. The van der Waals surface area contributed by atoms with Gasteiger partial charge in [-0.3, -0.25) is 14.9 Å². The molecule has 0 bridgehead atoms. The number of aromatic nitrogens is 1. The van der Waals surface area contributed by atoms with Gasteiger partial charge < -0.3 is 5.32 Å². The minimum atomic E-state index is -0.193. The Morgan fingerprint density at radius 2 is 2.17 bits per heavy atom. The summed E-state index contributed by atoms with van der Waals surface area (Å²) in [6.45, 7) is 1.87. The fraction of sp³-hybridized carbons (Fsp3) is 0.353. The Hall–Kier alpha value is -1.86. The van der Waals surface area contributed by atoms with Crippen molar-refractivity contribution in [3.8, 4) is 0 Å². The Balaban J connectivity index is 1.53. The molecule has 1 aromatic carbocycles. The molecule has 4 rings (SSSR count). The third-order valence-corrected chi connectivity index (χ3v) is 6.49. The molecular weight excluding hydrogens is 342 g/mol. The van der Waals surface area contributed by atoms with Gasteiger partial charge in [0.1, 0.15) is 0 Å². The molecule has 0 saturated carbocycles.